The molecule has 0 spiro atoms. The molecule has 1 saturated carbocycles. The van der Waals surface area contributed by atoms with Crippen molar-refractivity contribution in [3.63, 3.8) is 0 Å². The highest BCUT2D eigenvalue weighted by Crippen LogP contribution is 2.30. The highest BCUT2D eigenvalue weighted by molar-refractivity contribution is 7.12. The number of aliphatic hydroxyl groups excluding tert-OH is 1. The average molecular weight is 251 g/mol. The van der Waals surface area contributed by atoms with Gasteiger partial charge in [0.05, 0.1) is 6.10 Å². The second-order valence-electron chi connectivity index (χ2n) is 5.35. The number of aliphatic hydroxyl groups is 1. The summed E-state index contributed by atoms with van der Waals surface area (Å²) in [5, 5.41) is 13.4. The van der Waals surface area contributed by atoms with Crippen molar-refractivity contribution in [2.75, 3.05) is 0 Å². The van der Waals surface area contributed by atoms with Crippen molar-refractivity contribution in [3.05, 3.63) is 21.4 Å². The summed E-state index contributed by atoms with van der Waals surface area (Å²) in [6.07, 6.45) is 8.32. The lowest BCUT2D eigenvalue weighted by Gasteiger charge is -2.28. The average Bonchev–Trinajstić information content (AvgIpc) is 2.88. The molecule has 0 amide bonds. The number of rotatable bonds is 3. The van der Waals surface area contributed by atoms with Gasteiger partial charge in [0.2, 0.25) is 0 Å². The molecule has 0 aliphatic heterocycles. The maximum Gasteiger partial charge on any atom is 0.0693 e. The van der Waals surface area contributed by atoms with Crippen LogP contribution in [0.25, 0.3) is 0 Å². The van der Waals surface area contributed by atoms with E-state index in [1.807, 2.05) is 11.3 Å². The summed E-state index contributed by atoms with van der Waals surface area (Å²) in [6, 6.07) is 2.69. The Morgan fingerprint density at radius 3 is 2.94 bits per heavy atom. The zero-order valence-corrected chi connectivity index (χ0v) is 11.1. The van der Waals surface area contributed by atoms with Gasteiger partial charge in [-0.05, 0) is 43.7 Å². The van der Waals surface area contributed by atoms with E-state index in [-0.39, 0.29) is 6.10 Å². The Bertz CT molecular complexity index is 366. The van der Waals surface area contributed by atoms with E-state index in [1.54, 1.807) is 10.4 Å². The maximum atomic E-state index is 9.91. The fourth-order valence-corrected chi connectivity index (χ4v) is 4.27. The van der Waals surface area contributed by atoms with Crippen LogP contribution in [0.2, 0.25) is 0 Å². The van der Waals surface area contributed by atoms with E-state index < -0.39 is 0 Å². The Labute approximate surface area is 107 Å². The van der Waals surface area contributed by atoms with Gasteiger partial charge in [-0.15, -0.1) is 11.3 Å². The first-order chi connectivity index (χ1) is 8.33. The van der Waals surface area contributed by atoms with Crippen LogP contribution < -0.4 is 5.32 Å². The number of aryl methyl sites for hydroxylation is 2. The molecule has 2 atom stereocenters. The fraction of sp³-hybridized carbons (Fsp3) is 0.714. The molecule has 2 aliphatic rings. The molecule has 0 aromatic carbocycles. The number of nitrogens with one attached hydrogen (secondary N) is 1. The van der Waals surface area contributed by atoms with Crippen LogP contribution in [0.5, 0.6) is 0 Å². The number of thiophene rings is 1. The van der Waals surface area contributed by atoms with Crippen LogP contribution in [0.3, 0.4) is 0 Å². The van der Waals surface area contributed by atoms with E-state index in [4.69, 9.17) is 0 Å². The highest BCUT2D eigenvalue weighted by atomic mass is 32.1. The Balaban J connectivity index is 1.56. The summed E-state index contributed by atoms with van der Waals surface area (Å²) < 4.78 is 0. The van der Waals surface area contributed by atoms with Gasteiger partial charge in [-0.25, -0.2) is 0 Å². The standard InChI is InChI=1S/C14H21NOS/c16-13-6-2-1-5-12(13)15-9-11-8-10-4-3-7-14(10)17-11/h8,12-13,15-16H,1-7,9H2/t12-,13-/m1/s1. The first-order valence-electron chi connectivity index (χ1n) is 6.85. The molecule has 17 heavy (non-hydrogen) atoms. The SMILES string of the molecule is O[C@@H]1CCCC[C@H]1NCc1cc2c(s1)CCC2. The van der Waals surface area contributed by atoms with Crippen molar-refractivity contribution >= 4 is 11.3 Å². The second kappa shape index (κ2) is 5.09. The highest BCUT2D eigenvalue weighted by Gasteiger charge is 2.22. The molecule has 94 valence electrons. The van der Waals surface area contributed by atoms with Crippen molar-refractivity contribution in [2.45, 2.75) is 63.6 Å². The van der Waals surface area contributed by atoms with Gasteiger partial charge in [0, 0.05) is 22.3 Å². The van der Waals surface area contributed by atoms with Crippen LogP contribution in [-0.2, 0) is 19.4 Å². The lowest BCUT2D eigenvalue weighted by atomic mass is 9.92. The smallest absolute Gasteiger partial charge is 0.0693 e. The predicted octanol–water partition coefficient (Wildman–Crippen LogP) is 2.63. The van der Waals surface area contributed by atoms with Gasteiger partial charge < -0.3 is 10.4 Å². The van der Waals surface area contributed by atoms with Gasteiger partial charge in [0.25, 0.3) is 0 Å². The molecular formula is C14H21NOS. The van der Waals surface area contributed by atoms with E-state index in [0.29, 0.717) is 6.04 Å². The quantitative estimate of drug-likeness (QED) is 0.865. The maximum absolute atomic E-state index is 9.91. The predicted molar refractivity (Wildman–Crippen MR) is 71.4 cm³/mol. The molecule has 2 nitrogen and oxygen atoms in total. The largest absolute Gasteiger partial charge is 0.392 e. The van der Waals surface area contributed by atoms with Gasteiger partial charge in [0.15, 0.2) is 0 Å². The zero-order valence-electron chi connectivity index (χ0n) is 10.2. The number of hydrogen-bond acceptors (Lipinski definition) is 3. The van der Waals surface area contributed by atoms with Crippen molar-refractivity contribution < 1.29 is 5.11 Å². The molecular weight excluding hydrogens is 230 g/mol. The molecule has 0 saturated heterocycles. The molecule has 1 fully saturated rings. The van der Waals surface area contributed by atoms with E-state index in [9.17, 15) is 5.11 Å². The van der Waals surface area contributed by atoms with E-state index in [1.165, 1.54) is 37.0 Å². The molecule has 0 radical (unpaired) electrons. The normalized spacial score (nSPS) is 28.3. The van der Waals surface area contributed by atoms with Gasteiger partial charge >= 0.3 is 0 Å². The molecule has 1 heterocycles. The molecule has 1 aromatic heterocycles. The minimum absolute atomic E-state index is 0.129. The van der Waals surface area contributed by atoms with Crippen molar-refractivity contribution in [2.24, 2.45) is 0 Å². The molecule has 2 N–H and O–H groups in total. The first-order valence-corrected chi connectivity index (χ1v) is 7.66. The van der Waals surface area contributed by atoms with Crippen LogP contribution in [0, 0.1) is 0 Å². The minimum atomic E-state index is -0.129. The molecule has 3 heteroatoms. The number of fused-ring (bicyclic) bond motifs is 1. The summed E-state index contributed by atoms with van der Waals surface area (Å²) in [5.41, 5.74) is 1.58. The van der Waals surface area contributed by atoms with Crippen molar-refractivity contribution in [1.29, 1.82) is 0 Å². The van der Waals surface area contributed by atoms with Crippen molar-refractivity contribution in [1.82, 2.24) is 5.32 Å². The lowest BCUT2D eigenvalue weighted by molar-refractivity contribution is 0.0904. The topological polar surface area (TPSA) is 32.3 Å². The Morgan fingerprint density at radius 1 is 1.24 bits per heavy atom. The summed E-state index contributed by atoms with van der Waals surface area (Å²) >= 11 is 1.97. The number of hydrogen-bond donors (Lipinski definition) is 2. The monoisotopic (exact) mass is 251 g/mol. The third-order valence-corrected chi connectivity index (χ3v) is 5.30. The van der Waals surface area contributed by atoms with Crippen LogP contribution in [0.15, 0.2) is 6.07 Å². The summed E-state index contributed by atoms with van der Waals surface area (Å²) in [4.78, 5) is 3.05. The third-order valence-electron chi connectivity index (χ3n) is 4.07. The van der Waals surface area contributed by atoms with E-state index in [0.717, 1.165) is 19.4 Å². The van der Waals surface area contributed by atoms with Crippen LogP contribution in [0.4, 0.5) is 0 Å². The van der Waals surface area contributed by atoms with Crippen LogP contribution >= 0.6 is 11.3 Å². The van der Waals surface area contributed by atoms with Gasteiger partial charge in [0.1, 0.15) is 0 Å². The second-order valence-corrected chi connectivity index (χ2v) is 6.58. The summed E-state index contributed by atoms with van der Waals surface area (Å²) in [6.45, 7) is 0.944. The fourth-order valence-electron chi connectivity index (χ4n) is 3.06. The van der Waals surface area contributed by atoms with E-state index in [2.05, 4.69) is 11.4 Å². The Morgan fingerprint density at radius 2 is 2.12 bits per heavy atom. The van der Waals surface area contributed by atoms with Crippen LogP contribution in [-0.4, -0.2) is 17.3 Å². The Kier molecular flexibility index (Phi) is 3.50. The molecule has 0 bridgehead atoms. The van der Waals surface area contributed by atoms with Gasteiger partial charge in [-0.1, -0.05) is 12.8 Å². The van der Waals surface area contributed by atoms with Gasteiger partial charge in [-0.2, -0.15) is 0 Å². The molecule has 1 aromatic rings. The third kappa shape index (κ3) is 2.56. The molecule has 3 rings (SSSR count). The molecule has 0 unspecified atom stereocenters. The Hall–Kier alpha value is -0.380. The molecule has 2 aliphatic carbocycles. The minimum Gasteiger partial charge on any atom is -0.392 e. The first kappa shape index (κ1) is 11.7. The van der Waals surface area contributed by atoms with E-state index >= 15 is 0 Å². The lowest BCUT2D eigenvalue weighted by Crippen LogP contribution is -2.41. The van der Waals surface area contributed by atoms with Crippen molar-refractivity contribution in [3.8, 4) is 0 Å². The summed E-state index contributed by atoms with van der Waals surface area (Å²) in [7, 11) is 0. The van der Waals surface area contributed by atoms with Crippen LogP contribution in [0.1, 0.15) is 47.4 Å². The summed E-state index contributed by atoms with van der Waals surface area (Å²) in [5.74, 6) is 0. The van der Waals surface area contributed by atoms with Gasteiger partial charge in [-0.3, -0.25) is 0 Å². The zero-order chi connectivity index (χ0) is 11.7.